The highest BCUT2D eigenvalue weighted by Gasteiger charge is 2.56. The standard InChI is InChI=1S/C36H35N3O6S2/c1-6-45-34(43)22-13-17-24(18-14-22)39-31(41)28-27(21-11-15-23(16-12-21)36(3,4)5)30-33(46-29(28)32(39)42)38(35(44)47-30)19-26(40)37-25-10-8-7-9-20(25)2/h7-18,27-29H,6,19H2,1-5H3,(H,37,40). The maximum Gasteiger partial charge on any atom is 0.338 e. The lowest BCUT2D eigenvalue weighted by molar-refractivity contribution is -0.122. The first-order valence-electron chi connectivity index (χ1n) is 15.4. The normalized spacial score (nSPS) is 18.9. The molecule has 0 aliphatic carbocycles. The van der Waals surface area contributed by atoms with Gasteiger partial charge in [0, 0.05) is 16.5 Å². The summed E-state index contributed by atoms with van der Waals surface area (Å²) in [5.41, 5.74) is 4.03. The number of imide groups is 1. The molecule has 11 heteroatoms. The number of esters is 1. The van der Waals surface area contributed by atoms with Gasteiger partial charge in [-0.15, -0.1) is 0 Å². The van der Waals surface area contributed by atoms with Crippen LogP contribution in [0, 0.1) is 12.8 Å². The summed E-state index contributed by atoms with van der Waals surface area (Å²) in [4.78, 5) is 68.8. The van der Waals surface area contributed by atoms with Crippen LogP contribution in [0.3, 0.4) is 0 Å². The molecule has 1 fully saturated rings. The third-order valence-corrected chi connectivity index (χ3v) is 11.1. The van der Waals surface area contributed by atoms with E-state index in [-0.39, 0.29) is 35.3 Å². The lowest BCUT2D eigenvalue weighted by Gasteiger charge is -2.31. The number of carbonyl (C=O) groups is 4. The van der Waals surface area contributed by atoms with Crippen LogP contribution in [0.15, 0.2) is 82.6 Å². The van der Waals surface area contributed by atoms with E-state index in [1.807, 2.05) is 49.4 Å². The molecule has 0 bridgehead atoms. The molecular formula is C36H35N3O6S2. The zero-order valence-corrected chi connectivity index (χ0v) is 28.4. The summed E-state index contributed by atoms with van der Waals surface area (Å²) in [7, 11) is 0. The molecule has 0 radical (unpaired) electrons. The molecule has 242 valence electrons. The second kappa shape index (κ2) is 12.6. The van der Waals surface area contributed by atoms with Gasteiger partial charge in [-0.05, 0) is 66.3 Å². The van der Waals surface area contributed by atoms with E-state index in [0.717, 1.165) is 39.8 Å². The number of hydrogen-bond donors (Lipinski definition) is 1. The summed E-state index contributed by atoms with van der Waals surface area (Å²) in [6, 6.07) is 21.6. The predicted octanol–water partition coefficient (Wildman–Crippen LogP) is 6.13. The maximum atomic E-state index is 14.3. The molecule has 1 saturated heterocycles. The summed E-state index contributed by atoms with van der Waals surface area (Å²) in [5.74, 6) is -3.01. The van der Waals surface area contributed by atoms with Gasteiger partial charge in [-0.3, -0.25) is 23.7 Å². The molecule has 3 heterocycles. The number of thiazole rings is 1. The summed E-state index contributed by atoms with van der Waals surface area (Å²) >= 11 is 2.18. The van der Waals surface area contributed by atoms with E-state index < -0.39 is 29.0 Å². The number of fused-ring (bicyclic) bond motifs is 2. The Balaban J connectivity index is 1.40. The largest absolute Gasteiger partial charge is 0.462 e. The number of hydrogen-bond acceptors (Lipinski definition) is 8. The fourth-order valence-corrected chi connectivity index (χ4v) is 8.84. The molecule has 3 aromatic carbocycles. The van der Waals surface area contributed by atoms with E-state index in [2.05, 4.69) is 26.1 Å². The van der Waals surface area contributed by atoms with Crippen LogP contribution in [-0.2, 0) is 31.1 Å². The van der Waals surface area contributed by atoms with Gasteiger partial charge in [0.1, 0.15) is 11.8 Å². The third kappa shape index (κ3) is 6.05. The number of aromatic nitrogens is 1. The minimum absolute atomic E-state index is 0.0983. The first-order chi connectivity index (χ1) is 22.4. The topological polar surface area (TPSA) is 115 Å². The molecule has 3 amide bonds. The quantitative estimate of drug-likeness (QED) is 0.186. The lowest BCUT2D eigenvalue weighted by atomic mass is 9.81. The van der Waals surface area contributed by atoms with Crippen LogP contribution in [-0.4, -0.2) is 40.1 Å². The number of ether oxygens (including phenoxy) is 1. The molecular weight excluding hydrogens is 635 g/mol. The second-order valence-corrected chi connectivity index (χ2v) is 14.8. The van der Waals surface area contributed by atoms with Gasteiger partial charge in [0.25, 0.3) is 0 Å². The van der Waals surface area contributed by atoms with E-state index in [0.29, 0.717) is 26.8 Å². The van der Waals surface area contributed by atoms with Gasteiger partial charge in [-0.2, -0.15) is 0 Å². The Bertz CT molecular complexity index is 1940. The molecule has 2 aliphatic heterocycles. The highest BCUT2D eigenvalue weighted by atomic mass is 32.2. The van der Waals surface area contributed by atoms with E-state index in [4.69, 9.17) is 4.74 Å². The van der Waals surface area contributed by atoms with Crippen molar-refractivity contribution < 1.29 is 23.9 Å². The van der Waals surface area contributed by atoms with Crippen molar-refractivity contribution in [2.24, 2.45) is 5.92 Å². The van der Waals surface area contributed by atoms with Crippen LogP contribution in [0.5, 0.6) is 0 Å². The molecule has 3 atom stereocenters. The van der Waals surface area contributed by atoms with E-state index in [1.54, 1.807) is 25.1 Å². The van der Waals surface area contributed by atoms with Crippen molar-refractivity contribution in [2.75, 3.05) is 16.8 Å². The van der Waals surface area contributed by atoms with Gasteiger partial charge in [0.2, 0.25) is 17.7 Å². The van der Waals surface area contributed by atoms with Crippen molar-refractivity contribution in [1.29, 1.82) is 0 Å². The highest BCUT2D eigenvalue weighted by Crippen LogP contribution is 2.54. The van der Waals surface area contributed by atoms with E-state index in [9.17, 15) is 24.0 Å². The fraction of sp³-hybridized carbons (Fsp3) is 0.306. The van der Waals surface area contributed by atoms with Crippen molar-refractivity contribution in [2.45, 2.75) is 62.8 Å². The number of thioether (sulfide) groups is 1. The van der Waals surface area contributed by atoms with Gasteiger partial charge < -0.3 is 10.1 Å². The molecule has 1 aromatic heterocycles. The summed E-state index contributed by atoms with van der Waals surface area (Å²) in [6.07, 6.45) is 0. The Kier molecular flexibility index (Phi) is 8.71. The molecule has 4 aromatic rings. The zero-order valence-electron chi connectivity index (χ0n) is 26.7. The van der Waals surface area contributed by atoms with Crippen molar-refractivity contribution >= 4 is 58.2 Å². The zero-order chi connectivity index (χ0) is 33.6. The summed E-state index contributed by atoms with van der Waals surface area (Å²) < 4.78 is 6.49. The molecule has 6 rings (SSSR count). The van der Waals surface area contributed by atoms with Crippen molar-refractivity contribution in [1.82, 2.24) is 4.57 Å². The minimum atomic E-state index is -0.827. The molecule has 1 N–H and O–H groups in total. The van der Waals surface area contributed by atoms with Crippen molar-refractivity contribution in [3.05, 3.63) is 110 Å². The Labute approximate surface area is 280 Å². The SMILES string of the molecule is CCOC(=O)c1ccc(N2C(=O)C3Sc4c(sc(=O)n4CC(=O)Nc4ccccc4C)C(c4ccc(C(C)(C)C)cc4)C3C2=O)cc1. The molecule has 0 spiro atoms. The van der Waals surface area contributed by atoms with Crippen LogP contribution < -0.4 is 15.1 Å². The number of benzene rings is 3. The summed E-state index contributed by atoms with van der Waals surface area (Å²) in [5, 5.41) is 2.58. The number of para-hydroxylation sites is 1. The predicted molar refractivity (Wildman–Crippen MR) is 183 cm³/mol. The number of nitrogens with one attached hydrogen (secondary N) is 1. The molecule has 47 heavy (non-hydrogen) atoms. The lowest BCUT2D eigenvalue weighted by Crippen LogP contribution is -2.33. The molecule has 9 nitrogen and oxygen atoms in total. The molecule has 0 saturated carbocycles. The monoisotopic (exact) mass is 669 g/mol. The number of rotatable bonds is 7. The first-order valence-corrected chi connectivity index (χ1v) is 17.1. The maximum absolute atomic E-state index is 14.3. The fourth-order valence-electron chi connectivity index (χ4n) is 6.07. The second-order valence-electron chi connectivity index (χ2n) is 12.7. The van der Waals surface area contributed by atoms with Crippen molar-refractivity contribution in [3.63, 3.8) is 0 Å². The van der Waals surface area contributed by atoms with E-state index >= 15 is 0 Å². The Morgan fingerprint density at radius 2 is 1.60 bits per heavy atom. The number of anilines is 2. The van der Waals surface area contributed by atoms with Crippen LogP contribution in [0.1, 0.15) is 65.5 Å². The van der Waals surface area contributed by atoms with Gasteiger partial charge in [0.05, 0.1) is 28.8 Å². The smallest absolute Gasteiger partial charge is 0.338 e. The number of amides is 3. The minimum Gasteiger partial charge on any atom is -0.462 e. The number of aryl methyl sites for hydroxylation is 1. The average molecular weight is 670 g/mol. The van der Waals surface area contributed by atoms with Gasteiger partial charge in [-0.1, -0.05) is 86.3 Å². The van der Waals surface area contributed by atoms with Crippen LogP contribution in [0.25, 0.3) is 0 Å². The van der Waals surface area contributed by atoms with Gasteiger partial charge >= 0.3 is 10.8 Å². The Hall–Kier alpha value is -4.48. The molecule has 2 aliphatic rings. The van der Waals surface area contributed by atoms with E-state index in [1.165, 1.54) is 21.6 Å². The van der Waals surface area contributed by atoms with Crippen LogP contribution in [0.2, 0.25) is 0 Å². The average Bonchev–Trinajstić information content (AvgIpc) is 3.48. The van der Waals surface area contributed by atoms with Crippen LogP contribution >= 0.6 is 23.1 Å². The summed E-state index contributed by atoms with van der Waals surface area (Å²) in [6.45, 7) is 9.95. The number of nitrogens with zero attached hydrogens (tertiary/aromatic N) is 2. The number of carbonyl (C=O) groups excluding carboxylic acids is 4. The van der Waals surface area contributed by atoms with Gasteiger partial charge in [-0.25, -0.2) is 9.69 Å². The Morgan fingerprint density at radius 1 is 0.915 bits per heavy atom. The van der Waals surface area contributed by atoms with Crippen molar-refractivity contribution in [3.8, 4) is 0 Å². The highest BCUT2D eigenvalue weighted by molar-refractivity contribution is 8.00. The van der Waals surface area contributed by atoms with Crippen LogP contribution in [0.4, 0.5) is 11.4 Å². The van der Waals surface area contributed by atoms with Gasteiger partial charge in [0.15, 0.2) is 0 Å². The first kappa shape index (κ1) is 32.5. The Morgan fingerprint density at radius 3 is 2.23 bits per heavy atom. The molecule has 3 unspecified atom stereocenters. The third-order valence-electron chi connectivity index (χ3n) is 8.54.